The van der Waals surface area contributed by atoms with Crippen LogP contribution in [-0.4, -0.2) is 19.7 Å². The molecule has 0 aromatic heterocycles. The van der Waals surface area contributed by atoms with Gasteiger partial charge in [0, 0.05) is 13.1 Å². The van der Waals surface area contributed by atoms with Gasteiger partial charge >= 0.3 is 0 Å². The van der Waals surface area contributed by atoms with Crippen molar-refractivity contribution >= 4 is 5.69 Å². The van der Waals surface area contributed by atoms with Crippen LogP contribution in [0.3, 0.4) is 0 Å². The van der Waals surface area contributed by atoms with Gasteiger partial charge in [0.2, 0.25) is 0 Å². The van der Waals surface area contributed by atoms with Crippen molar-refractivity contribution in [2.24, 2.45) is 5.92 Å². The summed E-state index contributed by atoms with van der Waals surface area (Å²) in [6, 6.07) is 10.5. The molecule has 3 rings (SSSR count). The van der Waals surface area contributed by atoms with Gasteiger partial charge in [0.25, 0.3) is 10.9 Å². The zero-order chi connectivity index (χ0) is 15.5. The van der Waals surface area contributed by atoms with E-state index in [1.807, 2.05) is 17.9 Å². The van der Waals surface area contributed by atoms with Gasteiger partial charge in [-0.05, 0) is 37.7 Å². The molecule has 1 aliphatic rings. The topological polar surface area (TPSA) is 46.6 Å². The molecule has 0 radical (unpaired) electrons. The lowest BCUT2D eigenvalue weighted by molar-refractivity contribution is 0.329. The molecule has 0 spiro atoms. The smallest absolute Gasteiger partial charge is 0.272 e. The normalized spacial score (nSPS) is 16.1. The molecule has 0 bridgehead atoms. The van der Waals surface area contributed by atoms with Crippen LogP contribution in [0.15, 0.2) is 39.9 Å². The highest BCUT2D eigenvalue weighted by Gasteiger charge is 2.30. The van der Waals surface area contributed by atoms with Crippen LogP contribution in [0.2, 0.25) is 0 Å². The van der Waals surface area contributed by atoms with Gasteiger partial charge in [-0.2, -0.15) is 0 Å². The summed E-state index contributed by atoms with van der Waals surface area (Å²) in [5.41, 5.74) is 1.02. The number of hydrogen-bond acceptors (Lipinski definition) is 4. The first kappa shape index (κ1) is 14.8. The minimum Gasteiger partial charge on any atom is -0.488 e. The molecule has 0 atom stereocenters. The molecule has 0 saturated carbocycles. The molecule has 0 aliphatic carbocycles. The Hall–Kier alpha value is -2.10. The lowest BCUT2D eigenvalue weighted by Crippen LogP contribution is -2.45. The van der Waals surface area contributed by atoms with E-state index in [4.69, 9.17) is 4.74 Å². The number of anilines is 1. The Morgan fingerprint density at radius 1 is 1.09 bits per heavy atom. The molecule has 4 nitrogen and oxygen atoms in total. The second kappa shape index (κ2) is 6.34. The fourth-order valence-electron chi connectivity index (χ4n) is 3.23. The van der Waals surface area contributed by atoms with E-state index in [0.717, 1.165) is 32.4 Å². The second-order valence-electron chi connectivity index (χ2n) is 5.89. The van der Waals surface area contributed by atoms with Crippen LogP contribution in [0.4, 0.5) is 5.69 Å². The van der Waals surface area contributed by atoms with E-state index in [-0.39, 0.29) is 11.2 Å². The van der Waals surface area contributed by atoms with Gasteiger partial charge in [0.15, 0.2) is 5.75 Å². The van der Waals surface area contributed by atoms with Crippen LogP contribution < -0.4 is 20.5 Å². The van der Waals surface area contributed by atoms with Crippen LogP contribution in [0.5, 0.6) is 5.75 Å². The summed E-state index contributed by atoms with van der Waals surface area (Å²) in [7, 11) is 0. The third kappa shape index (κ3) is 2.78. The summed E-state index contributed by atoms with van der Waals surface area (Å²) < 4.78 is 5.32. The van der Waals surface area contributed by atoms with E-state index in [2.05, 4.69) is 24.3 Å². The number of hydrogen-bond donors (Lipinski definition) is 0. The highest BCUT2D eigenvalue weighted by molar-refractivity contribution is 5.63. The van der Waals surface area contributed by atoms with Crippen molar-refractivity contribution in [1.29, 1.82) is 0 Å². The van der Waals surface area contributed by atoms with Crippen LogP contribution >= 0.6 is 0 Å². The summed E-state index contributed by atoms with van der Waals surface area (Å²) in [6.45, 7) is 3.89. The number of rotatable bonds is 5. The Bertz CT molecular complexity index is 693. The minimum absolute atomic E-state index is 0.272. The molecule has 4 heteroatoms. The quantitative estimate of drug-likeness (QED) is 0.794. The van der Waals surface area contributed by atoms with Gasteiger partial charge in [0.05, 0.1) is 6.61 Å². The van der Waals surface area contributed by atoms with Crippen molar-refractivity contribution in [1.82, 2.24) is 0 Å². The summed E-state index contributed by atoms with van der Waals surface area (Å²) in [6.07, 6.45) is 3.16. The fraction of sp³-hybridized carbons (Fsp3) is 0.444. The van der Waals surface area contributed by atoms with E-state index in [1.165, 1.54) is 5.56 Å². The standard InChI is InChI=1S/C18H21NO3/c1-2-22-18-15(16(20)17(18)21)19-10-8-14(9-11-19)12-13-6-4-3-5-7-13/h3-7,14H,2,8-12H2,1H3. The SMILES string of the molecule is CCOc1c(N2CCC(Cc3ccccc3)CC2)c(=O)c1=O. The summed E-state index contributed by atoms with van der Waals surface area (Å²) >= 11 is 0. The summed E-state index contributed by atoms with van der Waals surface area (Å²) in [5, 5.41) is 0. The van der Waals surface area contributed by atoms with E-state index >= 15 is 0 Å². The molecule has 0 unspecified atom stereocenters. The average Bonchev–Trinajstić information content (AvgIpc) is 2.56. The molecular weight excluding hydrogens is 278 g/mol. The maximum atomic E-state index is 11.8. The maximum absolute atomic E-state index is 11.8. The zero-order valence-corrected chi connectivity index (χ0v) is 12.9. The molecule has 1 saturated heterocycles. The molecule has 1 fully saturated rings. The van der Waals surface area contributed by atoms with Gasteiger partial charge in [-0.15, -0.1) is 0 Å². The van der Waals surface area contributed by atoms with E-state index in [9.17, 15) is 9.59 Å². The monoisotopic (exact) mass is 299 g/mol. The fourth-order valence-corrected chi connectivity index (χ4v) is 3.23. The van der Waals surface area contributed by atoms with Crippen LogP contribution in [0.25, 0.3) is 0 Å². The largest absolute Gasteiger partial charge is 0.488 e. The van der Waals surface area contributed by atoms with Gasteiger partial charge in [-0.3, -0.25) is 9.59 Å². The molecule has 1 aliphatic heterocycles. The Morgan fingerprint density at radius 3 is 2.41 bits per heavy atom. The third-order valence-corrected chi connectivity index (χ3v) is 4.43. The van der Waals surface area contributed by atoms with Crippen LogP contribution in [0, 0.1) is 5.92 Å². The molecule has 116 valence electrons. The molecule has 1 heterocycles. The molecular formula is C18H21NO3. The van der Waals surface area contributed by atoms with Gasteiger partial charge in [-0.1, -0.05) is 30.3 Å². The van der Waals surface area contributed by atoms with Gasteiger partial charge in [-0.25, -0.2) is 0 Å². The third-order valence-electron chi connectivity index (χ3n) is 4.43. The van der Waals surface area contributed by atoms with E-state index in [1.54, 1.807) is 0 Å². The Labute approximate surface area is 130 Å². The van der Waals surface area contributed by atoms with Gasteiger partial charge in [0.1, 0.15) is 5.69 Å². The van der Waals surface area contributed by atoms with Crippen molar-refractivity contribution < 1.29 is 4.74 Å². The highest BCUT2D eigenvalue weighted by Crippen LogP contribution is 2.29. The molecule has 0 amide bonds. The number of nitrogens with zero attached hydrogens (tertiary/aromatic N) is 1. The summed E-state index contributed by atoms with van der Waals surface area (Å²) in [4.78, 5) is 25.4. The predicted molar refractivity (Wildman–Crippen MR) is 87.6 cm³/mol. The number of piperidine rings is 1. The lowest BCUT2D eigenvalue weighted by atomic mass is 9.90. The van der Waals surface area contributed by atoms with Crippen molar-refractivity contribution in [2.75, 3.05) is 24.6 Å². The second-order valence-corrected chi connectivity index (χ2v) is 5.89. The van der Waals surface area contributed by atoms with Crippen LogP contribution in [0.1, 0.15) is 25.3 Å². The van der Waals surface area contributed by atoms with E-state index < -0.39 is 5.43 Å². The van der Waals surface area contributed by atoms with Crippen molar-refractivity contribution in [3.8, 4) is 5.75 Å². The molecule has 22 heavy (non-hydrogen) atoms. The van der Waals surface area contributed by atoms with E-state index in [0.29, 0.717) is 18.2 Å². The maximum Gasteiger partial charge on any atom is 0.272 e. The predicted octanol–water partition coefficient (Wildman–Crippen LogP) is 2.14. The minimum atomic E-state index is -0.469. The molecule has 0 N–H and O–H groups in total. The van der Waals surface area contributed by atoms with Crippen LogP contribution in [-0.2, 0) is 6.42 Å². The molecule has 2 aromatic carbocycles. The number of ether oxygens (including phenoxy) is 1. The first-order valence-electron chi connectivity index (χ1n) is 7.95. The Balaban J connectivity index is 1.62. The Kier molecular flexibility index (Phi) is 4.27. The summed E-state index contributed by atoms with van der Waals surface area (Å²) in [5.74, 6) is 0.912. The average molecular weight is 299 g/mol. The highest BCUT2D eigenvalue weighted by atomic mass is 16.5. The first-order valence-corrected chi connectivity index (χ1v) is 7.95. The van der Waals surface area contributed by atoms with Crippen molar-refractivity contribution in [2.45, 2.75) is 26.2 Å². The lowest BCUT2D eigenvalue weighted by Gasteiger charge is -2.34. The number of benzene rings is 1. The molecule has 2 aromatic rings. The van der Waals surface area contributed by atoms with Crippen molar-refractivity contribution in [3.63, 3.8) is 0 Å². The van der Waals surface area contributed by atoms with Gasteiger partial charge < -0.3 is 9.64 Å². The Morgan fingerprint density at radius 2 is 1.77 bits per heavy atom. The van der Waals surface area contributed by atoms with Crippen molar-refractivity contribution in [3.05, 3.63) is 56.3 Å². The first-order chi connectivity index (χ1) is 10.7. The zero-order valence-electron chi connectivity index (χ0n) is 12.9.